The zero-order chi connectivity index (χ0) is 26.3. The third-order valence-electron chi connectivity index (χ3n) is 6.19. The maximum Gasteiger partial charge on any atom is 0.416 e. The standard InChI is InChI=1S/C24H23BrF3N3O4S/c1-2-22(30-11-9-29(10-12-30)18-5-3-17(4-6-18)24(26,27)28)36(34,35)21-14-20-16(13-19(21)25)7-8-31(20)15-23(32)33/h2-8,13-14,22H,1,9-12,15H2,(H,32,33). The van der Waals surface area contributed by atoms with E-state index in [4.69, 9.17) is 5.11 Å². The summed E-state index contributed by atoms with van der Waals surface area (Å²) >= 11 is 3.35. The quantitative estimate of drug-likeness (QED) is 0.408. The van der Waals surface area contributed by atoms with Crippen LogP contribution in [0.5, 0.6) is 0 Å². The number of halogens is 4. The van der Waals surface area contributed by atoms with Gasteiger partial charge in [0.2, 0.25) is 0 Å². The van der Waals surface area contributed by atoms with Crippen LogP contribution in [-0.2, 0) is 27.4 Å². The van der Waals surface area contributed by atoms with Crippen molar-refractivity contribution >= 4 is 48.3 Å². The number of piperazine rings is 1. The van der Waals surface area contributed by atoms with Gasteiger partial charge < -0.3 is 14.6 Å². The molecule has 36 heavy (non-hydrogen) atoms. The summed E-state index contributed by atoms with van der Waals surface area (Å²) in [5.41, 5.74) is 0.391. The van der Waals surface area contributed by atoms with Crippen molar-refractivity contribution < 1.29 is 31.5 Å². The first-order chi connectivity index (χ1) is 16.9. The van der Waals surface area contributed by atoms with Crippen molar-refractivity contribution in [3.8, 4) is 0 Å². The molecule has 1 atom stereocenters. The van der Waals surface area contributed by atoms with Gasteiger partial charge in [0.1, 0.15) is 11.9 Å². The Hall–Kier alpha value is -2.83. The number of hydrogen-bond acceptors (Lipinski definition) is 5. The summed E-state index contributed by atoms with van der Waals surface area (Å²) in [4.78, 5) is 14.9. The molecule has 1 aliphatic rings. The van der Waals surface area contributed by atoms with Gasteiger partial charge in [-0.1, -0.05) is 6.08 Å². The van der Waals surface area contributed by atoms with E-state index in [1.807, 2.05) is 4.90 Å². The molecule has 1 saturated heterocycles. The molecule has 0 amide bonds. The Bertz CT molecular complexity index is 1400. The second-order valence-corrected chi connectivity index (χ2v) is 11.3. The first-order valence-electron chi connectivity index (χ1n) is 10.9. The average molecular weight is 586 g/mol. The van der Waals surface area contributed by atoms with E-state index in [0.29, 0.717) is 47.2 Å². The minimum atomic E-state index is -4.41. The predicted molar refractivity (Wildman–Crippen MR) is 134 cm³/mol. The first-order valence-corrected chi connectivity index (χ1v) is 13.3. The molecule has 192 valence electrons. The van der Waals surface area contributed by atoms with E-state index < -0.39 is 32.9 Å². The molecule has 2 aromatic carbocycles. The van der Waals surface area contributed by atoms with Gasteiger partial charge in [0.25, 0.3) is 0 Å². The van der Waals surface area contributed by atoms with Crippen molar-refractivity contribution in [2.75, 3.05) is 31.1 Å². The molecule has 3 aromatic rings. The number of alkyl halides is 3. The molecule has 0 bridgehead atoms. The number of carboxylic acid groups (broad SMARTS) is 1. The minimum Gasteiger partial charge on any atom is -0.480 e. The molecule has 1 unspecified atom stereocenters. The fourth-order valence-corrected chi connectivity index (χ4v) is 7.15. The van der Waals surface area contributed by atoms with Crippen molar-refractivity contribution in [1.29, 1.82) is 0 Å². The van der Waals surface area contributed by atoms with E-state index in [-0.39, 0.29) is 11.4 Å². The molecule has 1 aromatic heterocycles. The Labute approximate surface area is 214 Å². The van der Waals surface area contributed by atoms with Crippen LogP contribution in [0, 0.1) is 0 Å². The summed E-state index contributed by atoms with van der Waals surface area (Å²) < 4.78 is 67.7. The number of nitrogens with zero attached hydrogens (tertiary/aromatic N) is 3. The van der Waals surface area contributed by atoms with Gasteiger partial charge in [-0.3, -0.25) is 9.69 Å². The van der Waals surface area contributed by atoms with Gasteiger partial charge in [0, 0.05) is 53.4 Å². The number of aromatic nitrogens is 1. The maximum absolute atomic E-state index is 13.7. The predicted octanol–water partition coefficient (Wildman–Crippen LogP) is 4.62. The van der Waals surface area contributed by atoms with Crippen LogP contribution in [0.25, 0.3) is 10.9 Å². The number of carboxylic acids is 1. The normalized spacial score (nSPS) is 16.3. The van der Waals surface area contributed by atoms with Crippen LogP contribution in [0.1, 0.15) is 5.56 Å². The Morgan fingerprint density at radius 2 is 1.75 bits per heavy atom. The van der Waals surface area contributed by atoms with Gasteiger partial charge in [0.05, 0.1) is 10.5 Å². The lowest BCUT2D eigenvalue weighted by molar-refractivity contribution is -0.138. The van der Waals surface area contributed by atoms with E-state index in [0.717, 1.165) is 12.1 Å². The van der Waals surface area contributed by atoms with Crippen LogP contribution in [0.3, 0.4) is 0 Å². The summed E-state index contributed by atoms with van der Waals surface area (Å²) in [7, 11) is -3.94. The van der Waals surface area contributed by atoms with Crippen LogP contribution in [0.15, 0.2) is 70.7 Å². The number of benzene rings is 2. The summed E-state index contributed by atoms with van der Waals surface area (Å²) in [5.74, 6) is -1.05. The molecular weight excluding hydrogens is 563 g/mol. The number of sulfone groups is 1. The molecule has 4 rings (SSSR count). The molecule has 0 spiro atoms. The maximum atomic E-state index is 13.7. The van der Waals surface area contributed by atoms with E-state index >= 15 is 0 Å². The Morgan fingerprint density at radius 1 is 1.11 bits per heavy atom. The number of anilines is 1. The van der Waals surface area contributed by atoms with Crippen LogP contribution in [-0.4, -0.2) is 60.5 Å². The van der Waals surface area contributed by atoms with Gasteiger partial charge in [0.15, 0.2) is 9.84 Å². The monoisotopic (exact) mass is 585 g/mol. The molecule has 12 heteroatoms. The van der Waals surface area contributed by atoms with Gasteiger partial charge in [-0.25, -0.2) is 8.42 Å². The molecule has 2 heterocycles. The van der Waals surface area contributed by atoms with Crippen LogP contribution in [0.2, 0.25) is 0 Å². The first kappa shape index (κ1) is 26.2. The number of hydrogen-bond donors (Lipinski definition) is 1. The van der Waals surface area contributed by atoms with E-state index in [2.05, 4.69) is 22.5 Å². The van der Waals surface area contributed by atoms with Gasteiger partial charge >= 0.3 is 12.1 Å². The second kappa shape index (κ2) is 9.91. The van der Waals surface area contributed by atoms with Gasteiger partial charge in [-0.15, -0.1) is 6.58 Å². The highest BCUT2D eigenvalue weighted by molar-refractivity contribution is 9.10. The van der Waals surface area contributed by atoms with Crippen LogP contribution in [0.4, 0.5) is 18.9 Å². The lowest BCUT2D eigenvalue weighted by Gasteiger charge is -2.39. The summed E-state index contributed by atoms with van der Waals surface area (Å²) in [6, 6.07) is 9.72. The van der Waals surface area contributed by atoms with Crippen molar-refractivity contribution in [1.82, 2.24) is 9.47 Å². The van der Waals surface area contributed by atoms with Crippen molar-refractivity contribution in [3.63, 3.8) is 0 Å². The minimum absolute atomic E-state index is 0.0235. The Balaban J connectivity index is 1.55. The molecule has 1 fully saturated rings. The molecule has 0 saturated carbocycles. The van der Waals surface area contributed by atoms with Crippen LogP contribution < -0.4 is 4.90 Å². The fraction of sp³-hybridized carbons (Fsp3) is 0.292. The highest BCUT2D eigenvalue weighted by Gasteiger charge is 2.35. The fourth-order valence-electron chi connectivity index (χ4n) is 4.39. The lowest BCUT2D eigenvalue weighted by Crippen LogP contribution is -2.52. The smallest absolute Gasteiger partial charge is 0.416 e. The molecule has 7 nitrogen and oxygen atoms in total. The summed E-state index contributed by atoms with van der Waals surface area (Å²) in [6.07, 6.45) is -1.46. The van der Waals surface area contributed by atoms with Crippen LogP contribution >= 0.6 is 15.9 Å². The van der Waals surface area contributed by atoms with Gasteiger partial charge in [-0.2, -0.15) is 13.2 Å². The van der Waals surface area contributed by atoms with Crippen molar-refractivity contribution in [3.05, 3.63) is 71.4 Å². The third-order valence-corrected chi connectivity index (χ3v) is 9.19. The topological polar surface area (TPSA) is 82.9 Å². The molecular formula is C24H23BrF3N3O4S. The summed E-state index contributed by atoms with van der Waals surface area (Å²) in [6.45, 7) is 4.99. The van der Waals surface area contributed by atoms with E-state index in [1.165, 1.54) is 28.8 Å². The highest BCUT2D eigenvalue weighted by Crippen LogP contribution is 2.33. The SMILES string of the molecule is C=CC(N1CCN(c2ccc(C(F)(F)F)cc2)CC1)S(=O)(=O)c1cc2c(ccn2CC(=O)O)cc1Br. The molecule has 1 aliphatic heterocycles. The number of rotatable bonds is 7. The largest absolute Gasteiger partial charge is 0.480 e. The number of fused-ring (bicyclic) bond motifs is 1. The van der Waals surface area contributed by atoms with Crippen molar-refractivity contribution in [2.45, 2.75) is 23.0 Å². The average Bonchev–Trinajstić information content (AvgIpc) is 3.19. The molecule has 0 aliphatic carbocycles. The lowest BCUT2D eigenvalue weighted by atomic mass is 10.1. The van der Waals surface area contributed by atoms with Crippen molar-refractivity contribution in [2.24, 2.45) is 0 Å². The molecule has 1 N–H and O–H groups in total. The Morgan fingerprint density at radius 3 is 2.31 bits per heavy atom. The van der Waals surface area contributed by atoms with Gasteiger partial charge in [-0.05, 0) is 58.4 Å². The van der Waals surface area contributed by atoms with E-state index in [9.17, 15) is 26.4 Å². The second-order valence-electron chi connectivity index (χ2n) is 8.42. The zero-order valence-electron chi connectivity index (χ0n) is 18.9. The third kappa shape index (κ3) is 5.16. The van der Waals surface area contributed by atoms with E-state index in [1.54, 1.807) is 23.2 Å². The number of carbonyl (C=O) groups is 1. The number of aliphatic carboxylic acids is 1. The Kier molecular flexibility index (Phi) is 7.22. The zero-order valence-corrected chi connectivity index (χ0v) is 21.4. The molecule has 0 radical (unpaired) electrons. The highest BCUT2D eigenvalue weighted by atomic mass is 79.9. The summed E-state index contributed by atoms with van der Waals surface area (Å²) in [5, 5.41) is 8.81.